The van der Waals surface area contributed by atoms with E-state index in [1.165, 1.54) is 0 Å². The summed E-state index contributed by atoms with van der Waals surface area (Å²) >= 11 is 0. The van der Waals surface area contributed by atoms with E-state index >= 15 is 0 Å². The number of benzene rings is 4. The summed E-state index contributed by atoms with van der Waals surface area (Å²) in [5.74, 6) is -0.956. The molecule has 0 bridgehead atoms. The summed E-state index contributed by atoms with van der Waals surface area (Å²) in [4.78, 5) is 38.5. The predicted octanol–water partition coefficient (Wildman–Crippen LogP) is 6.38. The zero-order chi connectivity index (χ0) is 37.2. The molecule has 2 fully saturated rings. The van der Waals surface area contributed by atoms with Crippen LogP contribution in [0.2, 0.25) is 0 Å². The Bertz CT molecular complexity index is 1830. The van der Waals surface area contributed by atoms with Crippen LogP contribution in [-0.4, -0.2) is 70.7 Å². The van der Waals surface area contributed by atoms with Crippen LogP contribution in [0, 0.1) is 10.1 Å². The third kappa shape index (κ3) is 10.3. The summed E-state index contributed by atoms with van der Waals surface area (Å²) in [6.07, 6.45) is 1.13. The molecule has 4 aromatic rings. The number of amides is 1. The number of hydrogen-bond acceptors (Lipinski definition) is 9. The fraction of sp³-hybridized carbons (Fsp3) is 0.366. The highest BCUT2D eigenvalue weighted by Crippen LogP contribution is 2.39. The quantitative estimate of drug-likeness (QED) is 0.0715. The van der Waals surface area contributed by atoms with E-state index in [-0.39, 0.29) is 48.2 Å². The molecule has 3 atom stereocenters. The second-order valence-electron chi connectivity index (χ2n) is 13.6. The zero-order valence-electron chi connectivity index (χ0n) is 29.6. The Kier molecular flexibility index (Phi) is 12.8. The van der Waals surface area contributed by atoms with Gasteiger partial charge in [-0.2, -0.15) is 0 Å². The van der Waals surface area contributed by atoms with Gasteiger partial charge in [0.25, 0.3) is 5.69 Å². The van der Waals surface area contributed by atoms with E-state index in [9.17, 15) is 24.8 Å². The Balaban J connectivity index is 1.11. The van der Waals surface area contributed by atoms with Crippen LogP contribution in [0.3, 0.4) is 0 Å². The minimum Gasteiger partial charge on any atom is -0.481 e. The molecule has 2 aliphatic rings. The molecule has 0 spiro atoms. The Morgan fingerprint density at radius 2 is 1.51 bits per heavy atom. The van der Waals surface area contributed by atoms with Crippen molar-refractivity contribution in [1.29, 1.82) is 0 Å². The molecular weight excluding hydrogens is 676 g/mol. The van der Waals surface area contributed by atoms with Gasteiger partial charge in [0, 0.05) is 81.9 Å². The highest BCUT2D eigenvalue weighted by atomic mass is 16.7. The lowest BCUT2D eigenvalue weighted by molar-refractivity contribution is -0.384. The topological polar surface area (TPSA) is 155 Å². The molecule has 1 amide bonds. The monoisotopic (exact) mass is 722 g/mol. The van der Waals surface area contributed by atoms with Crippen molar-refractivity contribution in [2.75, 3.05) is 37.6 Å². The minimum atomic E-state index is -0.853. The van der Waals surface area contributed by atoms with Gasteiger partial charge >= 0.3 is 5.97 Å². The highest BCUT2D eigenvalue weighted by Gasteiger charge is 2.34. The Morgan fingerprint density at radius 1 is 0.830 bits per heavy atom. The van der Waals surface area contributed by atoms with Gasteiger partial charge in [-0.25, -0.2) is 0 Å². The number of nitrogens with one attached hydrogen (secondary N) is 1. The molecule has 6 rings (SSSR count). The van der Waals surface area contributed by atoms with Gasteiger partial charge in [0.15, 0.2) is 6.29 Å². The van der Waals surface area contributed by atoms with E-state index in [4.69, 9.17) is 14.6 Å². The number of unbranched alkanes of at least 4 members (excludes halogenated alkanes) is 1. The van der Waals surface area contributed by atoms with Crippen LogP contribution in [0.25, 0.3) is 11.1 Å². The van der Waals surface area contributed by atoms with Crippen LogP contribution < -0.4 is 10.2 Å². The number of carbonyl (C=O) groups is 2. The zero-order valence-corrected chi connectivity index (χ0v) is 29.6. The number of carboxylic acid groups (broad SMARTS) is 1. The summed E-state index contributed by atoms with van der Waals surface area (Å²) in [5.41, 5.74) is 6.80. The van der Waals surface area contributed by atoms with E-state index in [0.29, 0.717) is 25.8 Å². The molecule has 3 unspecified atom stereocenters. The number of hydrogen-bond donors (Lipinski definition) is 3. The Labute approximate surface area is 309 Å². The molecule has 0 saturated carbocycles. The largest absolute Gasteiger partial charge is 0.481 e. The van der Waals surface area contributed by atoms with E-state index in [1.807, 2.05) is 84.9 Å². The van der Waals surface area contributed by atoms with Gasteiger partial charge in [-0.15, -0.1) is 0 Å². The molecule has 0 aromatic heterocycles. The van der Waals surface area contributed by atoms with Crippen LogP contribution in [0.15, 0.2) is 97.1 Å². The van der Waals surface area contributed by atoms with Crippen LogP contribution in [-0.2, 0) is 32.2 Å². The lowest BCUT2D eigenvalue weighted by atomic mass is 9.97. The number of nitrogens with zero attached hydrogens (tertiary/aromatic N) is 3. The molecule has 2 heterocycles. The summed E-state index contributed by atoms with van der Waals surface area (Å²) in [6, 6.07) is 30.6. The highest BCUT2D eigenvalue weighted by molar-refractivity contribution is 5.76. The second-order valence-corrected chi connectivity index (χ2v) is 13.6. The third-order valence-corrected chi connectivity index (χ3v) is 9.91. The summed E-state index contributed by atoms with van der Waals surface area (Å²) in [6.45, 7) is 4.34. The second kappa shape index (κ2) is 18.1. The number of nitro benzene ring substituents is 1. The SMILES string of the molecule is O=C(O)CCCCC(=O)NCc1ccccc1-c1ccc(C2OC(CN3CCN(c4ccc([N+](=O)[O-])cc4)CC3)CC(c3ccc(CO)cc3)O2)cc1. The predicted molar refractivity (Wildman–Crippen MR) is 200 cm³/mol. The number of non-ortho nitro benzene ring substituents is 1. The normalized spacial score (nSPS) is 19.1. The molecular formula is C41H46N4O8. The number of rotatable bonds is 15. The molecule has 4 aromatic carbocycles. The van der Waals surface area contributed by atoms with Crippen molar-refractivity contribution >= 4 is 23.3 Å². The van der Waals surface area contributed by atoms with Crippen molar-refractivity contribution in [3.05, 3.63) is 129 Å². The average Bonchev–Trinajstić information content (AvgIpc) is 3.19. The maximum absolute atomic E-state index is 12.4. The summed E-state index contributed by atoms with van der Waals surface area (Å²) < 4.78 is 13.2. The van der Waals surface area contributed by atoms with Gasteiger partial charge in [-0.1, -0.05) is 72.8 Å². The molecule has 2 aliphatic heterocycles. The minimum absolute atomic E-state index is 0.0253. The number of aliphatic carboxylic acids is 1. The number of piperazine rings is 1. The van der Waals surface area contributed by atoms with Gasteiger partial charge in [0.05, 0.1) is 23.7 Å². The molecule has 278 valence electrons. The van der Waals surface area contributed by atoms with Crippen LogP contribution in [0.1, 0.15) is 66.8 Å². The number of aliphatic hydroxyl groups excluding tert-OH is 1. The molecule has 0 radical (unpaired) electrons. The lowest BCUT2D eigenvalue weighted by Gasteiger charge is -2.41. The number of aliphatic hydroxyl groups is 1. The third-order valence-electron chi connectivity index (χ3n) is 9.91. The van der Waals surface area contributed by atoms with Crippen molar-refractivity contribution in [2.24, 2.45) is 0 Å². The van der Waals surface area contributed by atoms with E-state index < -0.39 is 12.3 Å². The van der Waals surface area contributed by atoms with E-state index in [0.717, 1.165) is 71.8 Å². The number of anilines is 1. The van der Waals surface area contributed by atoms with Crippen molar-refractivity contribution in [3.8, 4) is 11.1 Å². The molecule has 3 N–H and O–H groups in total. The van der Waals surface area contributed by atoms with Gasteiger partial charge in [-0.3, -0.25) is 24.6 Å². The van der Waals surface area contributed by atoms with Crippen molar-refractivity contribution in [3.63, 3.8) is 0 Å². The standard InChI is InChI=1S/C41H46N4O8/c46-28-29-9-11-31(12-10-29)38-25-36(27-43-21-23-44(24-22-43)34-17-19-35(20-18-34)45(50)51)52-41(53-38)32-15-13-30(14-16-32)37-6-2-1-5-33(37)26-42-39(47)7-3-4-8-40(48)49/h1-2,5-6,9-20,36,38,41,46H,3-4,7-8,21-28H2,(H,42,47)(H,48,49). The summed E-state index contributed by atoms with van der Waals surface area (Å²) in [7, 11) is 0. The van der Waals surface area contributed by atoms with Crippen LogP contribution in [0.5, 0.6) is 0 Å². The first-order valence-corrected chi connectivity index (χ1v) is 18.1. The van der Waals surface area contributed by atoms with Gasteiger partial charge in [0.1, 0.15) is 0 Å². The molecule has 12 heteroatoms. The fourth-order valence-corrected chi connectivity index (χ4v) is 6.91. The number of nitro groups is 1. The maximum Gasteiger partial charge on any atom is 0.303 e. The molecule has 2 saturated heterocycles. The van der Waals surface area contributed by atoms with Crippen LogP contribution in [0.4, 0.5) is 11.4 Å². The smallest absolute Gasteiger partial charge is 0.303 e. The van der Waals surface area contributed by atoms with Crippen molar-refractivity contribution in [2.45, 2.75) is 63.8 Å². The van der Waals surface area contributed by atoms with Gasteiger partial charge < -0.3 is 29.9 Å². The maximum atomic E-state index is 12.4. The number of carbonyl (C=O) groups excluding carboxylic acids is 1. The first kappa shape index (κ1) is 37.6. The molecule has 12 nitrogen and oxygen atoms in total. The fourth-order valence-electron chi connectivity index (χ4n) is 6.91. The Hall–Kier alpha value is -5.14. The first-order valence-electron chi connectivity index (χ1n) is 18.1. The number of ether oxygens (including phenoxy) is 2. The van der Waals surface area contributed by atoms with Gasteiger partial charge in [-0.05, 0) is 52.8 Å². The lowest BCUT2D eigenvalue weighted by Crippen LogP contribution is -2.49. The summed E-state index contributed by atoms with van der Waals surface area (Å²) in [5, 5.41) is 32.5. The number of carboxylic acids is 1. The average molecular weight is 723 g/mol. The Morgan fingerprint density at radius 3 is 2.19 bits per heavy atom. The van der Waals surface area contributed by atoms with Crippen molar-refractivity contribution < 1.29 is 34.2 Å². The molecule has 0 aliphatic carbocycles. The van der Waals surface area contributed by atoms with Crippen LogP contribution >= 0.6 is 0 Å². The van der Waals surface area contributed by atoms with E-state index in [1.54, 1.807) is 12.1 Å². The van der Waals surface area contributed by atoms with E-state index in [2.05, 4.69) is 15.1 Å². The first-order chi connectivity index (χ1) is 25.7. The molecule has 53 heavy (non-hydrogen) atoms. The van der Waals surface area contributed by atoms with Crippen molar-refractivity contribution in [1.82, 2.24) is 10.2 Å². The van der Waals surface area contributed by atoms with Gasteiger partial charge in [0.2, 0.25) is 5.91 Å².